The van der Waals surface area contributed by atoms with Gasteiger partial charge in [-0.05, 0) is 56.6 Å². The van der Waals surface area contributed by atoms with Gasteiger partial charge in [0.05, 0.1) is 5.56 Å². The van der Waals surface area contributed by atoms with E-state index in [0.717, 1.165) is 25.9 Å². The van der Waals surface area contributed by atoms with Crippen LogP contribution < -0.4 is 0 Å². The predicted molar refractivity (Wildman–Crippen MR) is 63.0 cm³/mol. The molecule has 0 aliphatic carbocycles. The van der Waals surface area contributed by atoms with E-state index in [4.69, 9.17) is 0 Å². The second kappa shape index (κ2) is 4.66. The summed E-state index contributed by atoms with van der Waals surface area (Å²) in [6.07, 6.45) is 2.97. The van der Waals surface area contributed by atoms with Gasteiger partial charge >= 0.3 is 0 Å². The molecule has 0 bridgehead atoms. The molecule has 0 amide bonds. The molecule has 0 unspecified atom stereocenters. The molecular weight excluding hydrogens is 202 g/mol. The molecule has 1 aromatic rings. The van der Waals surface area contributed by atoms with Crippen molar-refractivity contribution < 1.29 is 9.90 Å². The Bertz CT molecular complexity index is 382. The Kier molecular flexibility index (Phi) is 3.25. The fraction of sp³-hybridized carbons (Fsp3) is 0.462. The normalized spacial score (nSPS) is 18.6. The molecule has 1 saturated heterocycles. The van der Waals surface area contributed by atoms with Crippen molar-refractivity contribution in [2.75, 3.05) is 20.1 Å². The molecule has 0 saturated carbocycles. The van der Waals surface area contributed by atoms with Crippen LogP contribution in [-0.4, -0.2) is 36.4 Å². The topological polar surface area (TPSA) is 40.5 Å². The fourth-order valence-corrected chi connectivity index (χ4v) is 2.26. The summed E-state index contributed by atoms with van der Waals surface area (Å²) in [6.45, 7) is 2.20. The number of phenolic OH excluding ortho intramolecular Hbond substituents is 1. The highest BCUT2D eigenvalue weighted by Crippen LogP contribution is 2.29. The summed E-state index contributed by atoms with van der Waals surface area (Å²) >= 11 is 0. The van der Waals surface area contributed by atoms with E-state index in [9.17, 15) is 9.90 Å². The highest BCUT2D eigenvalue weighted by molar-refractivity contribution is 5.79. The molecule has 1 aliphatic rings. The van der Waals surface area contributed by atoms with E-state index in [1.165, 1.54) is 5.56 Å². The Balaban J connectivity index is 2.17. The van der Waals surface area contributed by atoms with Gasteiger partial charge in [-0.3, -0.25) is 4.79 Å². The van der Waals surface area contributed by atoms with E-state index in [2.05, 4.69) is 11.9 Å². The van der Waals surface area contributed by atoms with Crippen LogP contribution in [0.4, 0.5) is 0 Å². The number of nitrogens with zero attached hydrogens (tertiary/aromatic N) is 1. The van der Waals surface area contributed by atoms with E-state index in [-0.39, 0.29) is 5.75 Å². The van der Waals surface area contributed by atoms with Crippen LogP contribution in [0.2, 0.25) is 0 Å². The van der Waals surface area contributed by atoms with Crippen LogP contribution >= 0.6 is 0 Å². The number of carbonyl (C=O) groups excluding carboxylic acids is 1. The van der Waals surface area contributed by atoms with Crippen molar-refractivity contribution in [3.63, 3.8) is 0 Å². The largest absolute Gasteiger partial charge is 0.507 e. The maximum atomic E-state index is 10.7. The minimum absolute atomic E-state index is 0.0756. The molecule has 0 spiro atoms. The van der Waals surface area contributed by atoms with Gasteiger partial charge in [0, 0.05) is 0 Å². The molecule has 1 aromatic carbocycles. The van der Waals surface area contributed by atoms with Crippen LogP contribution in [0.3, 0.4) is 0 Å². The smallest absolute Gasteiger partial charge is 0.153 e. The Morgan fingerprint density at radius 2 is 2.06 bits per heavy atom. The van der Waals surface area contributed by atoms with Gasteiger partial charge in [-0.2, -0.15) is 0 Å². The summed E-state index contributed by atoms with van der Waals surface area (Å²) in [6, 6.07) is 5.37. The number of rotatable bonds is 2. The second-order valence-corrected chi connectivity index (χ2v) is 4.51. The molecule has 0 atom stereocenters. The van der Waals surface area contributed by atoms with E-state index in [1.807, 2.05) is 12.1 Å². The molecule has 0 aromatic heterocycles. The average molecular weight is 219 g/mol. The third-order valence-corrected chi connectivity index (χ3v) is 3.37. The highest BCUT2D eigenvalue weighted by atomic mass is 16.3. The van der Waals surface area contributed by atoms with Crippen molar-refractivity contribution in [3.8, 4) is 5.75 Å². The lowest BCUT2D eigenvalue weighted by Gasteiger charge is -2.29. The number of likely N-dealkylation sites (tertiary alicyclic amines) is 1. The Morgan fingerprint density at radius 3 is 2.69 bits per heavy atom. The lowest BCUT2D eigenvalue weighted by Crippen LogP contribution is -2.29. The first-order valence-corrected chi connectivity index (χ1v) is 5.67. The van der Waals surface area contributed by atoms with Crippen LogP contribution in [0.5, 0.6) is 5.75 Å². The van der Waals surface area contributed by atoms with Gasteiger partial charge in [0.1, 0.15) is 5.75 Å². The molecule has 0 radical (unpaired) electrons. The second-order valence-electron chi connectivity index (χ2n) is 4.51. The van der Waals surface area contributed by atoms with E-state index in [1.54, 1.807) is 6.07 Å². The van der Waals surface area contributed by atoms with Gasteiger partial charge in [0.25, 0.3) is 0 Å². The highest BCUT2D eigenvalue weighted by Gasteiger charge is 2.18. The Morgan fingerprint density at radius 1 is 1.38 bits per heavy atom. The van der Waals surface area contributed by atoms with Crippen LogP contribution in [0.25, 0.3) is 0 Å². The fourth-order valence-electron chi connectivity index (χ4n) is 2.26. The molecule has 1 fully saturated rings. The Labute approximate surface area is 95.7 Å². The molecule has 86 valence electrons. The summed E-state index contributed by atoms with van der Waals surface area (Å²) in [5.41, 5.74) is 1.57. The van der Waals surface area contributed by atoms with E-state index < -0.39 is 0 Å². The summed E-state index contributed by atoms with van der Waals surface area (Å²) < 4.78 is 0. The number of hydrogen-bond acceptors (Lipinski definition) is 3. The van der Waals surface area contributed by atoms with Gasteiger partial charge in [0.15, 0.2) is 6.29 Å². The lowest BCUT2D eigenvalue weighted by atomic mass is 9.89. The SMILES string of the molecule is CN1CCC(c2ccc(O)c(C=O)c2)CC1. The van der Waals surface area contributed by atoms with Gasteiger partial charge in [0.2, 0.25) is 0 Å². The molecule has 1 N–H and O–H groups in total. The summed E-state index contributed by atoms with van der Waals surface area (Å²) in [4.78, 5) is 13.1. The zero-order valence-corrected chi connectivity index (χ0v) is 9.52. The zero-order valence-electron chi connectivity index (χ0n) is 9.52. The average Bonchev–Trinajstić information content (AvgIpc) is 2.31. The molecule has 3 nitrogen and oxygen atoms in total. The maximum Gasteiger partial charge on any atom is 0.153 e. The van der Waals surface area contributed by atoms with Gasteiger partial charge in [-0.25, -0.2) is 0 Å². The van der Waals surface area contributed by atoms with Crippen LogP contribution in [-0.2, 0) is 0 Å². The monoisotopic (exact) mass is 219 g/mol. The Hall–Kier alpha value is -1.35. The number of aldehydes is 1. The predicted octanol–water partition coefficient (Wildman–Crippen LogP) is 2.01. The van der Waals surface area contributed by atoms with Crippen molar-refractivity contribution in [3.05, 3.63) is 29.3 Å². The van der Waals surface area contributed by atoms with Crippen molar-refractivity contribution in [2.45, 2.75) is 18.8 Å². The van der Waals surface area contributed by atoms with E-state index >= 15 is 0 Å². The molecule has 2 rings (SSSR count). The van der Waals surface area contributed by atoms with Crippen LogP contribution in [0.15, 0.2) is 18.2 Å². The molecule has 16 heavy (non-hydrogen) atoms. The summed E-state index contributed by atoms with van der Waals surface area (Å²) in [5.74, 6) is 0.599. The quantitative estimate of drug-likeness (QED) is 0.773. The minimum atomic E-state index is 0.0756. The summed E-state index contributed by atoms with van der Waals surface area (Å²) in [5, 5.41) is 9.44. The maximum absolute atomic E-state index is 10.7. The number of carbonyl (C=O) groups is 1. The molecule has 1 aliphatic heterocycles. The van der Waals surface area contributed by atoms with E-state index in [0.29, 0.717) is 17.8 Å². The third-order valence-electron chi connectivity index (χ3n) is 3.37. The molecule has 3 heteroatoms. The number of hydrogen-bond donors (Lipinski definition) is 1. The number of piperidine rings is 1. The standard InChI is InChI=1S/C13H17NO2/c1-14-6-4-10(5-7-14)11-2-3-13(16)12(8-11)9-15/h2-3,8-10,16H,4-7H2,1H3. The first-order chi connectivity index (χ1) is 7.70. The first kappa shape index (κ1) is 11.1. The number of benzene rings is 1. The molecular formula is C13H17NO2. The van der Waals surface area contributed by atoms with Gasteiger partial charge < -0.3 is 10.0 Å². The van der Waals surface area contributed by atoms with Crippen molar-refractivity contribution in [2.24, 2.45) is 0 Å². The van der Waals surface area contributed by atoms with Crippen molar-refractivity contribution >= 4 is 6.29 Å². The minimum Gasteiger partial charge on any atom is -0.507 e. The third kappa shape index (κ3) is 2.25. The first-order valence-electron chi connectivity index (χ1n) is 5.67. The van der Waals surface area contributed by atoms with Crippen LogP contribution in [0, 0.1) is 0 Å². The van der Waals surface area contributed by atoms with Crippen LogP contribution in [0.1, 0.15) is 34.7 Å². The van der Waals surface area contributed by atoms with Crippen molar-refractivity contribution in [1.29, 1.82) is 0 Å². The van der Waals surface area contributed by atoms with Crippen molar-refractivity contribution in [1.82, 2.24) is 4.90 Å². The van der Waals surface area contributed by atoms with Gasteiger partial charge in [-0.15, -0.1) is 0 Å². The lowest BCUT2D eigenvalue weighted by molar-refractivity contribution is 0.112. The number of phenols is 1. The molecule has 1 heterocycles. The number of aromatic hydroxyl groups is 1. The van der Waals surface area contributed by atoms with Gasteiger partial charge in [-0.1, -0.05) is 6.07 Å². The zero-order chi connectivity index (χ0) is 11.5. The summed E-state index contributed by atoms with van der Waals surface area (Å²) in [7, 11) is 2.13.